The number of aromatic nitrogens is 3. The molecule has 16 heavy (non-hydrogen) atoms. The van der Waals surface area contributed by atoms with Gasteiger partial charge in [0, 0.05) is 18.7 Å². The topological polar surface area (TPSA) is 99.9 Å². The standard InChI is InChI=1S/C9H9N5O2/c1-13-9(7(10)5-12-13)6-2-3-8(11-4-6)14(15)16/h2-5H,10H2,1H3. The molecule has 0 amide bonds. The molecule has 2 N–H and O–H groups in total. The van der Waals surface area contributed by atoms with Crippen molar-refractivity contribution in [2.24, 2.45) is 7.05 Å². The molecule has 7 nitrogen and oxygen atoms in total. The zero-order valence-electron chi connectivity index (χ0n) is 8.49. The molecule has 2 aromatic heterocycles. The van der Waals surface area contributed by atoms with Crippen molar-refractivity contribution in [2.45, 2.75) is 0 Å². The summed E-state index contributed by atoms with van der Waals surface area (Å²) in [5.74, 6) is -0.190. The Hall–Kier alpha value is -2.44. The van der Waals surface area contributed by atoms with Gasteiger partial charge >= 0.3 is 5.82 Å². The quantitative estimate of drug-likeness (QED) is 0.599. The molecule has 0 aliphatic rings. The average Bonchev–Trinajstić information content (AvgIpc) is 2.59. The maximum atomic E-state index is 10.4. The van der Waals surface area contributed by atoms with Crippen molar-refractivity contribution >= 4 is 11.5 Å². The molecular formula is C9H9N5O2. The Morgan fingerprint density at radius 3 is 2.62 bits per heavy atom. The van der Waals surface area contributed by atoms with Crippen LogP contribution in [0.15, 0.2) is 24.5 Å². The van der Waals surface area contributed by atoms with Gasteiger partial charge in [-0.05, 0) is 16.0 Å². The fourth-order valence-corrected chi connectivity index (χ4v) is 1.44. The number of hydrogen-bond acceptors (Lipinski definition) is 5. The van der Waals surface area contributed by atoms with Gasteiger partial charge in [-0.15, -0.1) is 0 Å². The largest absolute Gasteiger partial charge is 0.396 e. The molecule has 0 aliphatic carbocycles. The van der Waals surface area contributed by atoms with Gasteiger partial charge in [-0.25, -0.2) is 0 Å². The number of anilines is 1. The highest BCUT2D eigenvalue weighted by molar-refractivity contribution is 5.72. The molecular weight excluding hydrogens is 210 g/mol. The lowest BCUT2D eigenvalue weighted by Crippen LogP contribution is -1.97. The molecule has 0 atom stereocenters. The molecule has 2 heterocycles. The van der Waals surface area contributed by atoms with E-state index in [-0.39, 0.29) is 5.82 Å². The van der Waals surface area contributed by atoms with E-state index in [1.165, 1.54) is 18.5 Å². The first-order chi connectivity index (χ1) is 7.59. The Bertz CT molecular complexity index is 512. The van der Waals surface area contributed by atoms with Crippen LogP contribution in [0.3, 0.4) is 0 Å². The van der Waals surface area contributed by atoms with Gasteiger partial charge in [0.05, 0.1) is 17.6 Å². The fraction of sp³-hybridized carbons (Fsp3) is 0.111. The molecule has 0 saturated heterocycles. The summed E-state index contributed by atoms with van der Waals surface area (Å²) in [5, 5.41) is 14.4. The third-order valence-electron chi connectivity index (χ3n) is 2.18. The van der Waals surface area contributed by atoms with Crippen LogP contribution in [-0.2, 0) is 7.05 Å². The molecule has 2 aromatic rings. The van der Waals surface area contributed by atoms with Crippen LogP contribution in [0.1, 0.15) is 0 Å². The van der Waals surface area contributed by atoms with Gasteiger partial charge in [0.1, 0.15) is 6.20 Å². The van der Waals surface area contributed by atoms with E-state index in [1.807, 2.05) is 0 Å². The van der Waals surface area contributed by atoms with Crippen LogP contribution in [0.4, 0.5) is 11.5 Å². The van der Waals surface area contributed by atoms with Crippen LogP contribution >= 0.6 is 0 Å². The lowest BCUT2D eigenvalue weighted by Gasteiger charge is -2.01. The molecule has 0 fully saturated rings. The summed E-state index contributed by atoms with van der Waals surface area (Å²) in [6.45, 7) is 0. The number of nitrogens with zero attached hydrogens (tertiary/aromatic N) is 4. The molecule has 0 saturated carbocycles. The van der Waals surface area contributed by atoms with E-state index >= 15 is 0 Å². The summed E-state index contributed by atoms with van der Waals surface area (Å²) >= 11 is 0. The number of nitrogens with two attached hydrogens (primary N) is 1. The molecule has 0 unspecified atom stereocenters. The van der Waals surface area contributed by atoms with Crippen molar-refractivity contribution < 1.29 is 4.92 Å². The monoisotopic (exact) mass is 219 g/mol. The zero-order chi connectivity index (χ0) is 11.7. The van der Waals surface area contributed by atoms with E-state index in [2.05, 4.69) is 10.1 Å². The Morgan fingerprint density at radius 2 is 2.19 bits per heavy atom. The number of nitro groups is 1. The van der Waals surface area contributed by atoms with E-state index in [0.29, 0.717) is 16.9 Å². The number of hydrogen-bond donors (Lipinski definition) is 1. The summed E-state index contributed by atoms with van der Waals surface area (Å²) in [5.41, 5.74) is 7.63. The molecule has 82 valence electrons. The lowest BCUT2D eigenvalue weighted by molar-refractivity contribution is -0.389. The van der Waals surface area contributed by atoms with Crippen molar-refractivity contribution in [3.05, 3.63) is 34.6 Å². The molecule has 0 radical (unpaired) electrons. The van der Waals surface area contributed by atoms with Crippen LogP contribution < -0.4 is 5.73 Å². The van der Waals surface area contributed by atoms with E-state index in [4.69, 9.17) is 5.73 Å². The Labute approximate surface area is 90.7 Å². The minimum atomic E-state index is -0.545. The second kappa shape index (κ2) is 3.61. The predicted octanol–water partition coefficient (Wildman–Crippen LogP) is 0.973. The number of rotatable bonds is 2. The van der Waals surface area contributed by atoms with E-state index in [9.17, 15) is 10.1 Å². The predicted molar refractivity (Wildman–Crippen MR) is 57.5 cm³/mol. The summed E-state index contributed by atoms with van der Waals surface area (Å²) < 4.78 is 1.60. The van der Waals surface area contributed by atoms with Gasteiger partial charge in [-0.2, -0.15) is 5.10 Å². The second-order valence-corrected chi connectivity index (χ2v) is 3.23. The summed E-state index contributed by atoms with van der Waals surface area (Å²) in [6, 6.07) is 2.93. The molecule has 0 aromatic carbocycles. The van der Waals surface area contributed by atoms with Crippen molar-refractivity contribution in [3.63, 3.8) is 0 Å². The first-order valence-electron chi connectivity index (χ1n) is 4.48. The molecule has 0 spiro atoms. The first kappa shape index (κ1) is 10.1. The lowest BCUT2D eigenvalue weighted by atomic mass is 10.2. The van der Waals surface area contributed by atoms with Gasteiger partial charge in [0.25, 0.3) is 0 Å². The maximum absolute atomic E-state index is 10.4. The van der Waals surface area contributed by atoms with Crippen molar-refractivity contribution in [1.82, 2.24) is 14.8 Å². The normalized spacial score (nSPS) is 10.3. The van der Waals surface area contributed by atoms with E-state index < -0.39 is 4.92 Å². The smallest absolute Gasteiger partial charge is 0.363 e. The Balaban J connectivity index is 2.46. The summed E-state index contributed by atoms with van der Waals surface area (Å²) in [7, 11) is 1.74. The van der Waals surface area contributed by atoms with Crippen LogP contribution in [0.5, 0.6) is 0 Å². The molecule has 2 rings (SSSR count). The Kier molecular flexibility index (Phi) is 2.28. The maximum Gasteiger partial charge on any atom is 0.363 e. The SMILES string of the molecule is Cn1ncc(N)c1-c1ccc([N+](=O)[O-])nc1. The second-order valence-electron chi connectivity index (χ2n) is 3.23. The molecule has 0 bridgehead atoms. The summed E-state index contributed by atoms with van der Waals surface area (Å²) in [6.07, 6.45) is 2.93. The van der Waals surface area contributed by atoms with Crippen molar-refractivity contribution in [2.75, 3.05) is 5.73 Å². The van der Waals surface area contributed by atoms with Crippen LogP contribution in [-0.4, -0.2) is 19.7 Å². The molecule has 0 aliphatic heterocycles. The van der Waals surface area contributed by atoms with E-state index in [1.54, 1.807) is 17.8 Å². The van der Waals surface area contributed by atoms with Gasteiger partial charge in [-0.1, -0.05) is 0 Å². The van der Waals surface area contributed by atoms with Crippen LogP contribution in [0, 0.1) is 10.1 Å². The van der Waals surface area contributed by atoms with Gasteiger partial charge in [-0.3, -0.25) is 4.68 Å². The average molecular weight is 219 g/mol. The zero-order valence-corrected chi connectivity index (χ0v) is 8.49. The van der Waals surface area contributed by atoms with Crippen LogP contribution in [0.25, 0.3) is 11.3 Å². The minimum Gasteiger partial charge on any atom is -0.396 e. The number of nitrogen functional groups attached to an aromatic ring is 1. The van der Waals surface area contributed by atoms with Gasteiger partial charge in [0.15, 0.2) is 0 Å². The third kappa shape index (κ3) is 1.58. The summed E-state index contributed by atoms with van der Waals surface area (Å²) in [4.78, 5) is 13.6. The van der Waals surface area contributed by atoms with Crippen molar-refractivity contribution in [1.29, 1.82) is 0 Å². The Morgan fingerprint density at radius 1 is 1.44 bits per heavy atom. The number of pyridine rings is 1. The highest BCUT2D eigenvalue weighted by Crippen LogP contribution is 2.24. The molecule has 7 heteroatoms. The third-order valence-corrected chi connectivity index (χ3v) is 2.18. The first-order valence-corrected chi connectivity index (χ1v) is 4.48. The highest BCUT2D eigenvalue weighted by Gasteiger charge is 2.12. The van der Waals surface area contributed by atoms with Gasteiger partial charge < -0.3 is 15.8 Å². The van der Waals surface area contributed by atoms with Crippen LogP contribution in [0.2, 0.25) is 0 Å². The highest BCUT2D eigenvalue weighted by atomic mass is 16.6. The van der Waals surface area contributed by atoms with Crippen molar-refractivity contribution in [3.8, 4) is 11.3 Å². The number of aryl methyl sites for hydroxylation is 1. The van der Waals surface area contributed by atoms with E-state index in [0.717, 1.165) is 0 Å². The fourth-order valence-electron chi connectivity index (χ4n) is 1.44. The van der Waals surface area contributed by atoms with Gasteiger partial charge in [0.2, 0.25) is 0 Å². The minimum absolute atomic E-state index is 0.190.